The van der Waals surface area contributed by atoms with Crippen LogP contribution in [-0.2, 0) is 9.53 Å². The highest BCUT2D eigenvalue weighted by atomic mass is 127. The first-order chi connectivity index (χ1) is 8.17. The Labute approximate surface area is 116 Å². The standard InChI is InChI=1S/C14H15IO2/c1-3-12(14(16)17-4-2)8-5-11-6-9-13(15)10-7-11/h3,5-10H,4H2,1-2H3/b8-5+,12-3+. The van der Waals surface area contributed by atoms with E-state index in [9.17, 15) is 4.79 Å². The van der Waals surface area contributed by atoms with Crippen molar-refractivity contribution >= 4 is 34.6 Å². The summed E-state index contributed by atoms with van der Waals surface area (Å²) in [4.78, 5) is 11.5. The van der Waals surface area contributed by atoms with E-state index in [4.69, 9.17) is 4.74 Å². The molecule has 0 N–H and O–H groups in total. The lowest BCUT2D eigenvalue weighted by atomic mass is 10.1. The highest BCUT2D eigenvalue weighted by Crippen LogP contribution is 2.10. The molecular formula is C14H15IO2. The molecule has 2 nitrogen and oxygen atoms in total. The van der Waals surface area contributed by atoms with E-state index < -0.39 is 0 Å². The molecule has 17 heavy (non-hydrogen) atoms. The molecule has 0 radical (unpaired) electrons. The predicted octanol–water partition coefficient (Wildman–Crippen LogP) is 3.81. The van der Waals surface area contributed by atoms with Crippen LogP contribution in [0.2, 0.25) is 0 Å². The van der Waals surface area contributed by atoms with Crippen molar-refractivity contribution in [1.82, 2.24) is 0 Å². The van der Waals surface area contributed by atoms with E-state index in [1.165, 1.54) is 3.57 Å². The van der Waals surface area contributed by atoms with Gasteiger partial charge in [-0.25, -0.2) is 4.79 Å². The number of benzene rings is 1. The van der Waals surface area contributed by atoms with Gasteiger partial charge in [-0.3, -0.25) is 0 Å². The van der Waals surface area contributed by atoms with Gasteiger partial charge in [0, 0.05) is 3.57 Å². The van der Waals surface area contributed by atoms with E-state index in [1.807, 2.05) is 37.3 Å². The molecule has 0 aromatic heterocycles. The first-order valence-electron chi connectivity index (χ1n) is 5.44. The van der Waals surface area contributed by atoms with Crippen LogP contribution in [0, 0.1) is 3.57 Å². The number of hydrogen-bond acceptors (Lipinski definition) is 2. The fourth-order valence-corrected chi connectivity index (χ4v) is 1.62. The van der Waals surface area contributed by atoms with Crippen LogP contribution >= 0.6 is 22.6 Å². The van der Waals surface area contributed by atoms with E-state index in [0.717, 1.165) is 5.56 Å². The molecule has 0 fully saturated rings. The first-order valence-corrected chi connectivity index (χ1v) is 6.52. The van der Waals surface area contributed by atoms with Gasteiger partial charge in [0.1, 0.15) is 0 Å². The molecule has 0 spiro atoms. The smallest absolute Gasteiger partial charge is 0.337 e. The summed E-state index contributed by atoms with van der Waals surface area (Å²) in [5, 5.41) is 0. The average molecular weight is 342 g/mol. The Bertz CT molecular complexity index is 430. The monoisotopic (exact) mass is 342 g/mol. The van der Waals surface area contributed by atoms with E-state index in [1.54, 1.807) is 19.1 Å². The Kier molecular flexibility index (Phi) is 5.97. The zero-order chi connectivity index (χ0) is 12.7. The molecule has 3 heteroatoms. The fourth-order valence-electron chi connectivity index (χ4n) is 1.26. The van der Waals surface area contributed by atoms with Crippen LogP contribution in [0.15, 0.2) is 42.0 Å². The Hall–Kier alpha value is -1.10. The Balaban J connectivity index is 2.75. The minimum atomic E-state index is -0.281. The molecule has 0 saturated carbocycles. The van der Waals surface area contributed by atoms with Crippen LogP contribution < -0.4 is 0 Å². The first kappa shape index (κ1) is 14.0. The lowest BCUT2D eigenvalue weighted by Gasteiger charge is -2.01. The maximum Gasteiger partial charge on any atom is 0.337 e. The lowest BCUT2D eigenvalue weighted by molar-refractivity contribution is -0.138. The summed E-state index contributed by atoms with van der Waals surface area (Å²) in [5.41, 5.74) is 1.64. The normalized spacial score (nSPS) is 11.8. The molecule has 0 saturated heterocycles. The van der Waals surface area contributed by atoms with Crippen molar-refractivity contribution in [3.63, 3.8) is 0 Å². The molecule has 0 amide bonds. The molecule has 0 unspecified atom stereocenters. The van der Waals surface area contributed by atoms with Crippen molar-refractivity contribution in [2.24, 2.45) is 0 Å². The number of esters is 1. The average Bonchev–Trinajstić information content (AvgIpc) is 2.32. The molecule has 1 aromatic rings. The summed E-state index contributed by atoms with van der Waals surface area (Å²) < 4.78 is 6.13. The minimum Gasteiger partial charge on any atom is -0.462 e. The highest BCUT2D eigenvalue weighted by molar-refractivity contribution is 14.1. The Morgan fingerprint density at radius 3 is 2.53 bits per heavy atom. The number of allylic oxidation sites excluding steroid dienone is 1. The van der Waals surface area contributed by atoms with E-state index in [2.05, 4.69) is 22.6 Å². The molecule has 0 bridgehead atoms. The zero-order valence-corrected chi connectivity index (χ0v) is 12.1. The van der Waals surface area contributed by atoms with Crippen LogP contribution in [0.3, 0.4) is 0 Å². The third-order valence-electron chi connectivity index (χ3n) is 2.15. The number of halogens is 1. The van der Waals surface area contributed by atoms with Gasteiger partial charge in [-0.2, -0.15) is 0 Å². The van der Waals surface area contributed by atoms with Gasteiger partial charge >= 0.3 is 5.97 Å². The highest BCUT2D eigenvalue weighted by Gasteiger charge is 2.04. The van der Waals surface area contributed by atoms with Crippen molar-refractivity contribution in [3.05, 3.63) is 51.1 Å². The van der Waals surface area contributed by atoms with Gasteiger partial charge in [-0.1, -0.05) is 24.3 Å². The zero-order valence-electron chi connectivity index (χ0n) is 9.94. The number of rotatable bonds is 4. The maximum atomic E-state index is 11.5. The van der Waals surface area contributed by atoms with Crippen molar-refractivity contribution < 1.29 is 9.53 Å². The largest absolute Gasteiger partial charge is 0.462 e. The second-order valence-corrected chi connectivity index (χ2v) is 4.60. The molecule has 0 heterocycles. The van der Waals surface area contributed by atoms with Crippen LogP contribution in [0.4, 0.5) is 0 Å². The van der Waals surface area contributed by atoms with Gasteiger partial charge in [-0.05, 0) is 60.2 Å². The van der Waals surface area contributed by atoms with Gasteiger partial charge in [0.15, 0.2) is 0 Å². The fraction of sp³-hybridized carbons (Fsp3) is 0.214. The van der Waals surface area contributed by atoms with Crippen LogP contribution in [-0.4, -0.2) is 12.6 Å². The number of hydrogen-bond donors (Lipinski definition) is 0. The Morgan fingerprint density at radius 2 is 2.00 bits per heavy atom. The number of ether oxygens (including phenoxy) is 1. The van der Waals surface area contributed by atoms with E-state index in [-0.39, 0.29) is 5.97 Å². The molecular weight excluding hydrogens is 327 g/mol. The third-order valence-corrected chi connectivity index (χ3v) is 2.87. The second kappa shape index (κ2) is 7.27. The van der Waals surface area contributed by atoms with Gasteiger partial charge < -0.3 is 4.74 Å². The molecule has 0 atom stereocenters. The summed E-state index contributed by atoms with van der Waals surface area (Å²) in [6, 6.07) is 8.08. The maximum absolute atomic E-state index is 11.5. The topological polar surface area (TPSA) is 26.3 Å². The van der Waals surface area contributed by atoms with E-state index in [0.29, 0.717) is 12.2 Å². The van der Waals surface area contributed by atoms with Crippen molar-refractivity contribution in [2.75, 3.05) is 6.61 Å². The molecule has 0 aliphatic rings. The molecule has 1 rings (SSSR count). The van der Waals surface area contributed by atoms with Crippen LogP contribution in [0.5, 0.6) is 0 Å². The molecule has 1 aromatic carbocycles. The number of carbonyl (C=O) groups excluding carboxylic acids is 1. The van der Waals surface area contributed by atoms with Crippen molar-refractivity contribution in [3.8, 4) is 0 Å². The van der Waals surface area contributed by atoms with Crippen molar-refractivity contribution in [1.29, 1.82) is 0 Å². The Morgan fingerprint density at radius 1 is 1.35 bits per heavy atom. The summed E-state index contributed by atoms with van der Waals surface area (Å²) in [6.07, 6.45) is 5.43. The van der Waals surface area contributed by atoms with Gasteiger partial charge in [0.05, 0.1) is 12.2 Å². The molecule has 0 aliphatic carbocycles. The quantitative estimate of drug-likeness (QED) is 0.360. The van der Waals surface area contributed by atoms with Crippen LogP contribution in [0.1, 0.15) is 19.4 Å². The predicted molar refractivity (Wildman–Crippen MR) is 78.6 cm³/mol. The minimum absolute atomic E-state index is 0.281. The molecule has 0 aliphatic heterocycles. The third kappa shape index (κ3) is 4.73. The van der Waals surface area contributed by atoms with Crippen molar-refractivity contribution in [2.45, 2.75) is 13.8 Å². The molecule has 90 valence electrons. The van der Waals surface area contributed by atoms with Gasteiger partial charge in [0.25, 0.3) is 0 Å². The summed E-state index contributed by atoms with van der Waals surface area (Å²) >= 11 is 2.26. The summed E-state index contributed by atoms with van der Waals surface area (Å²) in [5.74, 6) is -0.281. The van der Waals surface area contributed by atoms with Gasteiger partial charge in [0.2, 0.25) is 0 Å². The van der Waals surface area contributed by atoms with Gasteiger partial charge in [-0.15, -0.1) is 0 Å². The SMILES string of the molecule is C/C=C(\C=C\c1ccc(I)cc1)C(=O)OCC. The number of carbonyl (C=O) groups is 1. The van der Waals surface area contributed by atoms with E-state index >= 15 is 0 Å². The lowest BCUT2D eigenvalue weighted by Crippen LogP contribution is -2.05. The second-order valence-electron chi connectivity index (χ2n) is 3.35. The summed E-state index contributed by atoms with van der Waals surface area (Å²) in [6.45, 7) is 4.02. The van der Waals surface area contributed by atoms with Crippen LogP contribution in [0.25, 0.3) is 6.08 Å². The summed E-state index contributed by atoms with van der Waals surface area (Å²) in [7, 11) is 0.